The zero-order valence-corrected chi connectivity index (χ0v) is 28.0. The van der Waals surface area contributed by atoms with Crippen molar-refractivity contribution in [2.24, 2.45) is 0 Å². The van der Waals surface area contributed by atoms with Crippen molar-refractivity contribution in [2.45, 2.75) is 24.9 Å². The number of nitrogens with zero attached hydrogens (tertiary/aromatic N) is 2. The number of allylic oxidation sites excluding steroid dienone is 1. The van der Waals surface area contributed by atoms with E-state index in [2.05, 4.69) is 146 Å². The third-order valence-corrected chi connectivity index (χ3v) is 10.5. The van der Waals surface area contributed by atoms with Crippen molar-refractivity contribution in [3.8, 4) is 50.8 Å². The molecule has 0 radical (unpaired) electrons. The molecule has 10 rings (SSSR count). The van der Waals surface area contributed by atoms with Gasteiger partial charge in [-0.25, -0.2) is 9.97 Å². The fourth-order valence-corrected chi connectivity index (χ4v) is 8.18. The maximum absolute atomic E-state index is 6.87. The van der Waals surface area contributed by atoms with Gasteiger partial charge < -0.3 is 4.74 Å². The van der Waals surface area contributed by atoms with Gasteiger partial charge in [0.15, 0.2) is 5.82 Å². The first kappa shape index (κ1) is 29.6. The Labute approximate surface area is 298 Å². The molecule has 2 unspecified atom stereocenters. The van der Waals surface area contributed by atoms with E-state index in [4.69, 9.17) is 14.7 Å². The van der Waals surface area contributed by atoms with E-state index in [1.807, 2.05) is 24.3 Å². The highest BCUT2D eigenvalue weighted by Crippen LogP contribution is 2.55. The van der Waals surface area contributed by atoms with Crippen LogP contribution >= 0.6 is 0 Å². The van der Waals surface area contributed by atoms with Gasteiger partial charge in [-0.3, -0.25) is 0 Å². The lowest BCUT2D eigenvalue weighted by Gasteiger charge is -2.28. The van der Waals surface area contributed by atoms with E-state index in [1.54, 1.807) is 0 Å². The molecule has 3 nitrogen and oxygen atoms in total. The van der Waals surface area contributed by atoms with E-state index in [0.29, 0.717) is 5.82 Å². The molecule has 1 aromatic heterocycles. The van der Waals surface area contributed by atoms with Gasteiger partial charge in [0.05, 0.1) is 11.4 Å². The highest BCUT2D eigenvalue weighted by molar-refractivity contribution is 5.88. The average molecular weight is 655 g/mol. The lowest BCUT2D eigenvalue weighted by Crippen LogP contribution is -2.16. The van der Waals surface area contributed by atoms with Crippen molar-refractivity contribution in [2.75, 3.05) is 0 Å². The molecule has 0 saturated carbocycles. The average Bonchev–Trinajstić information content (AvgIpc) is 3.60. The van der Waals surface area contributed by atoms with Gasteiger partial charge >= 0.3 is 0 Å². The predicted molar refractivity (Wildman–Crippen MR) is 207 cm³/mol. The SMILES string of the molecule is C1=Cc2cccc(-c3cccc(C4=CC5c6c(cccc6-c6cc(-c7ccccc7)nc(-c7ccccc7)n6)OC5c5ccccc54)c3)c2CC1. The fourth-order valence-electron chi connectivity index (χ4n) is 8.18. The van der Waals surface area contributed by atoms with E-state index in [1.165, 1.54) is 50.1 Å². The Balaban J connectivity index is 1.13. The van der Waals surface area contributed by atoms with Crippen molar-refractivity contribution < 1.29 is 4.74 Å². The second-order valence-corrected chi connectivity index (χ2v) is 13.5. The van der Waals surface area contributed by atoms with Crippen molar-refractivity contribution in [1.29, 1.82) is 0 Å². The topological polar surface area (TPSA) is 35.0 Å². The Morgan fingerprint density at radius 3 is 2.12 bits per heavy atom. The lowest BCUT2D eigenvalue weighted by atomic mass is 9.77. The number of benzene rings is 6. The largest absolute Gasteiger partial charge is 0.484 e. The second kappa shape index (κ2) is 12.2. The molecule has 3 aliphatic rings. The van der Waals surface area contributed by atoms with Gasteiger partial charge in [0.1, 0.15) is 11.9 Å². The molecule has 1 aliphatic heterocycles. The number of ether oxygens (including phenoxy) is 1. The van der Waals surface area contributed by atoms with Crippen LogP contribution in [0.4, 0.5) is 0 Å². The Bertz CT molecular complexity index is 2460. The van der Waals surface area contributed by atoms with Crippen molar-refractivity contribution >= 4 is 11.6 Å². The van der Waals surface area contributed by atoms with Crippen LogP contribution in [0.25, 0.3) is 56.7 Å². The van der Waals surface area contributed by atoms with E-state index >= 15 is 0 Å². The first-order valence-corrected chi connectivity index (χ1v) is 17.8. The van der Waals surface area contributed by atoms with E-state index in [9.17, 15) is 0 Å². The Kier molecular flexibility index (Phi) is 7.09. The lowest BCUT2D eigenvalue weighted by molar-refractivity contribution is 0.223. The summed E-state index contributed by atoms with van der Waals surface area (Å²) in [7, 11) is 0. The fraction of sp³-hybridized carbons (Fsp3) is 0.0833. The molecule has 7 aromatic rings. The van der Waals surface area contributed by atoms with E-state index in [-0.39, 0.29) is 12.0 Å². The van der Waals surface area contributed by atoms with Gasteiger partial charge in [0, 0.05) is 33.7 Å². The van der Waals surface area contributed by atoms with Crippen LogP contribution < -0.4 is 4.74 Å². The van der Waals surface area contributed by atoms with Crippen LogP contribution in [0.2, 0.25) is 0 Å². The van der Waals surface area contributed by atoms with Gasteiger partial charge in [-0.1, -0.05) is 152 Å². The molecule has 0 N–H and O–H groups in total. The van der Waals surface area contributed by atoms with Crippen molar-refractivity contribution in [3.05, 3.63) is 197 Å². The third-order valence-electron chi connectivity index (χ3n) is 10.5. The molecule has 0 spiro atoms. The molecule has 0 fully saturated rings. The highest BCUT2D eigenvalue weighted by Gasteiger charge is 2.41. The summed E-state index contributed by atoms with van der Waals surface area (Å²) < 4.78 is 6.87. The molecule has 51 heavy (non-hydrogen) atoms. The maximum atomic E-state index is 6.87. The zero-order chi connectivity index (χ0) is 33.7. The monoisotopic (exact) mass is 654 g/mol. The van der Waals surface area contributed by atoms with Crippen molar-refractivity contribution in [1.82, 2.24) is 9.97 Å². The summed E-state index contributed by atoms with van der Waals surface area (Å²) in [5, 5.41) is 0. The summed E-state index contributed by atoms with van der Waals surface area (Å²) in [6.07, 6.45) is 9.03. The number of fused-ring (bicyclic) bond motifs is 6. The number of rotatable bonds is 5. The number of aromatic nitrogens is 2. The molecule has 2 aliphatic carbocycles. The minimum absolute atomic E-state index is 0.00898. The van der Waals surface area contributed by atoms with Gasteiger partial charge in [-0.2, -0.15) is 0 Å². The quantitative estimate of drug-likeness (QED) is 0.185. The summed E-state index contributed by atoms with van der Waals surface area (Å²) >= 11 is 0. The molecular weight excluding hydrogens is 621 g/mol. The molecule has 6 aromatic carbocycles. The maximum Gasteiger partial charge on any atom is 0.160 e. The molecule has 0 saturated heterocycles. The molecule has 0 bridgehead atoms. The number of hydrogen-bond donors (Lipinski definition) is 0. The standard InChI is InChI=1S/C48H34N2O/c1-3-15-32(16-4-1)43-30-44(50-48(49-43)33-17-5-2-6-18-33)40-26-13-27-45-46(40)42-29-41(38-23-9-10-24-39(38)47(42)51-45)35-21-11-20-34(28-35)37-25-12-19-31-14-7-8-22-36(31)37/h1-7,9-21,23-30,42,47H,8,22H2. The van der Waals surface area contributed by atoms with Crippen LogP contribution in [0.15, 0.2) is 164 Å². The van der Waals surface area contributed by atoms with Crippen LogP contribution in [-0.4, -0.2) is 9.97 Å². The normalized spacial score (nSPS) is 16.7. The highest BCUT2D eigenvalue weighted by atomic mass is 16.5. The summed E-state index contributed by atoms with van der Waals surface area (Å²) in [4.78, 5) is 10.3. The second-order valence-electron chi connectivity index (χ2n) is 13.5. The van der Waals surface area contributed by atoms with Gasteiger partial charge in [-0.05, 0) is 70.0 Å². The molecule has 3 heteroatoms. The van der Waals surface area contributed by atoms with Crippen LogP contribution in [0.3, 0.4) is 0 Å². The minimum Gasteiger partial charge on any atom is -0.484 e. The van der Waals surface area contributed by atoms with E-state index in [0.717, 1.165) is 46.7 Å². The number of hydrogen-bond acceptors (Lipinski definition) is 3. The predicted octanol–water partition coefficient (Wildman–Crippen LogP) is 11.8. The Hall–Kier alpha value is -6.32. The molecule has 2 heterocycles. The first-order chi connectivity index (χ1) is 25.3. The summed E-state index contributed by atoms with van der Waals surface area (Å²) in [6.45, 7) is 0. The smallest absolute Gasteiger partial charge is 0.160 e. The first-order valence-electron chi connectivity index (χ1n) is 17.8. The van der Waals surface area contributed by atoms with Crippen LogP contribution in [-0.2, 0) is 6.42 Å². The summed E-state index contributed by atoms with van der Waals surface area (Å²) in [5.74, 6) is 1.63. The minimum atomic E-state index is -0.124. The molecule has 2 atom stereocenters. The zero-order valence-electron chi connectivity index (χ0n) is 28.0. The Morgan fingerprint density at radius 2 is 1.24 bits per heavy atom. The summed E-state index contributed by atoms with van der Waals surface area (Å²) in [5.41, 5.74) is 16.3. The molecule has 242 valence electrons. The van der Waals surface area contributed by atoms with Crippen LogP contribution in [0, 0.1) is 0 Å². The molecular formula is C48H34N2O. The Morgan fingerprint density at radius 1 is 0.549 bits per heavy atom. The van der Waals surface area contributed by atoms with Gasteiger partial charge in [-0.15, -0.1) is 0 Å². The van der Waals surface area contributed by atoms with Gasteiger partial charge in [0.25, 0.3) is 0 Å². The van der Waals surface area contributed by atoms with Gasteiger partial charge in [0.2, 0.25) is 0 Å². The molecule has 0 amide bonds. The van der Waals surface area contributed by atoms with Crippen molar-refractivity contribution in [3.63, 3.8) is 0 Å². The van der Waals surface area contributed by atoms with E-state index < -0.39 is 0 Å². The van der Waals surface area contributed by atoms with Crippen LogP contribution in [0.5, 0.6) is 5.75 Å². The third kappa shape index (κ3) is 5.13. The van der Waals surface area contributed by atoms with Crippen LogP contribution in [0.1, 0.15) is 51.8 Å². The summed E-state index contributed by atoms with van der Waals surface area (Å²) in [6, 6.07) is 53.7.